The van der Waals surface area contributed by atoms with Crippen LogP contribution < -0.4 is 0 Å². The van der Waals surface area contributed by atoms with Gasteiger partial charge in [-0.1, -0.05) is 6.07 Å². The Hall–Kier alpha value is -2.21. The van der Waals surface area contributed by atoms with Crippen molar-refractivity contribution in [3.05, 3.63) is 57.3 Å². The van der Waals surface area contributed by atoms with E-state index < -0.39 is 0 Å². The third-order valence-electron chi connectivity index (χ3n) is 3.82. The third-order valence-corrected chi connectivity index (χ3v) is 4.73. The summed E-state index contributed by atoms with van der Waals surface area (Å²) in [5, 5.41) is 11.1. The summed E-state index contributed by atoms with van der Waals surface area (Å²) in [5.41, 5.74) is 3.94. The van der Waals surface area contributed by atoms with E-state index in [1.807, 2.05) is 66.7 Å². The molecule has 0 radical (unpaired) electrons. The standard InChI is InChI=1S/C17H20N4OS/c1-11-8-13(3)20(18-11)17(21-14(4)9-12(2)19-21)10-15(22)16-6-5-7-23-16/h5-9,17H,10H2,1-4H3. The lowest BCUT2D eigenvalue weighted by Crippen LogP contribution is -2.25. The van der Waals surface area contributed by atoms with Crippen LogP contribution in [0.3, 0.4) is 0 Å². The van der Waals surface area contributed by atoms with Gasteiger partial charge in [-0.25, -0.2) is 9.36 Å². The number of Topliss-reactive ketones (excluding diaryl/α,β-unsaturated/α-hetero) is 1. The molecule has 0 amide bonds. The molecule has 120 valence electrons. The average Bonchev–Trinajstić information content (AvgIpc) is 3.18. The number of hydrogen-bond acceptors (Lipinski definition) is 4. The van der Waals surface area contributed by atoms with Gasteiger partial charge in [0.1, 0.15) is 0 Å². The van der Waals surface area contributed by atoms with Gasteiger partial charge in [-0.15, -0.1) is 11.3 Å². The number of nitrogens with zero attached hydrogens (tertiary/aromatic N) is 4. The van der Waals surface area contributed by atoms with Crippen LogP contribution in [0.2, 0.25) is 0 Å². The summed E-state index contributed by atoms with van der Waals surface area (Å²) in [6.07, 6.45) is 0.0942. The molecular weight excluding hydrogens is 308 g/mol. The molecule has 0 N–H and O–H groups in total. The predicted molar refractivity (Wildman–Crippen MR) is 91.1 cm³/mol. The summed E-state index contributed by atoms with van der Waals surface area (Å²) in [4.78, 5) is 13.4. The number of aromatic nitrogens is 4. The van der Waals surface area contributed by atoms with Crippen molar-refractivity contribution < 1.29 is 4.79 Å². The minimum absolute atomic E-state index is 0.116. The van der Waals surface area contributed by atoms with E-state index in [2.05, 4.69) is 10.2 Å². The van der Waals surface area contributed by atoms with Gasteiger partial charge in [0.05, 0.1) is 22.7 Å². The zero-order valence-electron chi connectivity index (χ0n) is 13.8. The van der Waals surface area contributed by atoms with Gasteiger partial charge in [0.15, 0.2) is 11.9 Å². The molecule has 6 heteroatoms. The van der Waals surface area contributed by atoms with Gasteiger partial charge in [-0.05, 0) is 51.3 Å². The van der Waals surface area contributed by atoms with E-state index in [0.717, 1.165) is 27.7 Å². The van der Waals surface area contributed by atoms with Crippen molar-refractivity contribution >= 4 is 17.1 Å². The van der Waals surface area contributed by atoms with E-state index in [4.69, 9.17) is 0 Å². The number of carbonyl (C=O) groups excluding carboxylic acids is 1. The van der Waals surface area contributed by atoms with Crippen LogP contribution in [-0.4, -0.2) is 25.3 Å². The molecule has 0 aliphatic carbocycles. The molecule has 3 heterocycles. The van der Waals surface area contributed by atoms with Crippen LogP contribution in [-0.2, 0) is 0 Å². The summed E-state index contributed by atoms with van der Waals surface area (Å²) in [6.45, 7) is 7.94. The summed E-state index contributed by atoms with van der Waals surface area (Å²) in [7, 11) is 0. The molecule has 3 aromatic rings. The molecule has 0 aliphatic heterocycles. The van der Waals surface area contributed by atoms with Gasteiger partial charge in [-0.2, -0.15) is 10.2 Å². The van der Waals surface area contributed by atoms with Crippen LogP contribution in [0.25, 0.3) is 0 Å². The Bertz CT molecular complexity index is 783. The molecule has 0 atom stereocenters. The van der Waals surface area contributed by atoms with Crippen molar-refractivity contribution in [3.63, 3.8) is 0 Å². The number of rotatable bonds is 5. The fraction of sp³-hybridized carbons (Fsp3) is 0.353. The van der Waals surface area contributed by atoms with E-state index in [1.54, 1.807) is 0 Å². The quantitative estimate of drug-likeness (QED) is 0.671. The first-order valence-electron chi connectivity index (χ1n) is 7.58. The Labute approximate surface area is 139 Å². The molecule has 3 aromatic heterocycles. The molecule has 0 saturated carbocycles. The van der Waals surface area contributed by atoms with Crippen molar-refractivity contribution in [2.24, 2.45) is 0 Å². The largest absolute Gasteiger partial charge is 0.293 e. The molecule has 0 unspecified atom stereocenters. The van der Waals surface area contributed by atoms with Crippen LogP contribution in [0.5, 0.6) is 0 Å². The second-order valence-corrected chi connectivity index (χ2v) is 6.78. The summed E-state index contributed by atoms with van der Waals surface area (Å²) < 4.78 is 3.81. The molecule has 5 nitrogen and oxygen atoms in total. The van der Waals surface area contributed by atoms with Crippen molar-refractivity contribution in [1.29, 1.82) is 0 Å². The van der Waals surface area contributed by atoms with Crippen molar-refractivity contribution in [3.8, 4) is 0 Å². The highest BCUT2D eigenvalue weighted by Gasteiger charge is 2.23. The molecule has 23 heavy (non-hydrogen) atoms. The lowest BCUT2D eigenvalue weighted by Gasteiger charge is -2.20. The monoisotopic (exact) mass is 328 g/mol. The van der Waals surface area contributed by atoms with E-state index in [9.17, 15) is 4.79 Å². The van der Waals surface area contributed by atoms with Crippen LogP contribution >= 0.6 is 11.3 Å². The van der Waals surface area contributed by atoms with E-state index in [-0.39, 0.29) is 11.9 Å². The summed E-state index contributed by atoms with van der Waals surface area (Å²) in [5.74, 6) is 0.116. The van der Waals surface area contributed by atoms with Crippen molar-refractivity contribution in [1.82, 2.24) is 19.6 Å². The highest BCUT2D eigenvalue weighted by Crippen LogP contribution is 2.23. The van der Waals surface area contributed by atoms with Crippen LogP contribution in [0.1, 0.15) is 45.0 Å². The van der Waals surface area contributed by atoms with Crippen LogP contribution in [0, 0.1) is 27.7 Å². The Balaban J connectivity index is 2.01. The molecule has 0 spiro atoms. The number of aryl methyl sites for hydroxylation is 4. The van der Waals surface area contributed by atoms with Crippen molar-refractivity contribution in [2.75, 3.05) is 0 Å². The minimum atomic E-state index is -0.244. The minimum Gasteiger partial charge on any atom is -0.293 e. The maximum absolute atomic E-state index is 12.6. The fourth-order valence-electron chi connectivity index (χ4n) is 2.88. The van der Waals surface area contributed by atoms with Gasteiger partial charge >= 0.3 is 0 Å². The highest BCUT2D eigenvalue weighted by atomic mass is 32.1. The number of carbonyl (C=O) groups is 1. The normalized spacial score (nSPS) is 11.3. The fourth-order valence-corrected chi connectivity index (χ4v) is 3.55. The summed E-state index contributed by atoms with van der Waals surface area (Å²) in [6, 6.07) is 7.81. The molecule has 3 rings (SSSR count). The highest BCUT2D eigenvalue weighted by molar-refractivity contribution is 7.12. The molecule has 0 saturated heterocycles. The Morgan fingerprint density at radius 3 is 2.04 bits per heavy atom. The third kappa shape index (κ3) is 3.12. The Morgan fingerprint density at radius 1 is 1.09 bits per heavy atom. The second kappa shape index (κ2) is 6.12. The van der Waals surface area contributed by atoms with Gasteiger partial charge in [0, 0.05) is 11.4 Å². The Kier molecular flexibility index (Phi) is 4.17. The lowest BCUT2D eigenvalue weighted by molar-refractivity contribution is 0.0951. The SMILES string of the molecule is Cc1cc(C)n(C(CC(=O)c2cccs2)n2nc(C)cc2C)n1. The first-order valence-corrected chi connectivity index (χ1v) is 8.46. The Morgan fingerprint density at radius 2 is 1.65 bits per heavy atom. The maximum atomic E-state index is 12.6. The molecule has 0 aromatic carbocycles. The van der Waals surface area contributed by atoms with Crippen LogP contribution in [0.4, 0.5) is 0 Å². The zero-order chi connectivity index (χ0) is 16.6. The van der Waals surface area contributed by atoms with Gasteiger partial charge < -0.3 is 0 Å². The smallest absolute Gasteiger partial charge is 0.176 e. The van der Waals surface area contributed by atoms with Crippen LogP contribution in [0.15, 0.2) is 29.6 Å². The van der Waals surface area contributed by atoms with E-state index in [0.29, 0.717) is 6.42 Å². The average molecular weight is 328 g/mol. The van der Waals surface area contributed by atoms with E-state index >= 15 is 0 Å². The summed E-state index contributed by atoms with van der Waals surface area (Å²) >= 11 is 1.47. The number of thiophene rings is 1. The zero-order valence-corrected chi connectivity index (χ0v) is 14.6. The topological polar surface area (TPSA) is 52.7 Å². The maximum Gasteiger partial charge on any atom is 0.176 e. The molecule has 0 bridgehead atoms. The van der Waals surface area contributed by atoms with Crippen molar-refractivity contribution in [2.45, 2.75) is 40.3 Å². The van der Waals surface area contributed by atoms with Gasteiger partial charge in [0.25, 0.3) is 0 Å². The van der Waals surface area contributed by atoms with Gasteiger partial charge in [0.2, 0.25) is 0 Å². The molecular formula is C17H20N4OS. The predicted octanol–water partition coefficient (Wildman–Crippen LogP) is 3.69. The number of hydrogen-bond donors (Lipinski definition) is 0. The molecule has 0 aliphatic rings. The first kappa shape index (κ1) is 15.7. The number of ketones is 1. The second-order valence-electron chi connectivity index (χ2n) is 5.83. The molecule has 0 fully saturated rings. The lowest BCUT2D eigenvalue weighted by atomic mass is 10.2. The van der Waals surface area contributed by atoms with E-state index in [1.165, 1.54) is 11.3 Å². The first-order chi connectivity index (χ1) is 11.0. The van der Waals surface area contributed by atoms with Gasteiger partial charge in [-0.3, -0.25) is 4.79 Å².